The van der Waals surface area contributed by atoms with E-state index in [9.17, 15) is 13.2 Å². The third-order valence-corrected chi connectivity index (χ3v) is 6.78. The van der Waals surface area contributed by atoms with E-state index in [1.54, 1.807) is 13.8 Å². The van der Waals surface area contributed by atoms with Gasteiger partial charge in [0.25, 0.3) is 5.91 Å². The fraction of sp³-hybridized carbons (Fsp3) is 0.312. The van der Waals surface area contributed by atoms with Crippen molar-refractivity contribution in [2.45, 2.75) is 25.3 Å². The molecule has 5 nitrogen and oxygen atoms in total. The molecular formula is C16H19ClN2O3S2. The summed E-state index contributed by atoms with van der Waals surface area (Å²) in [5.41, 5.74) is 0.154. The molecule has 0 aliphatic rings. The molecule has 0 aliphatic carbocycles. The van der Waals surface area contributed by atoms with Crippen LogP contribution < -0.4 is 5.32 Å². The van der Waals surface area contributed by atoms with E-state index in [-0.39, 0.29) is 15.5 Å². The van der Waals surface area contributed by atoms with Gasteiger partial charge in [-0.25, -0.2) is 8.42 Å². The van der Waals surface area contributed by atoms with Gasteiger partial charge in [-0.15, -0.1) is 11.3 Å². The Bertz CT molecular complexity index is 801. The lowest BCUT2D eigenvalue weighted by atomic mass is 10.2. The van der Waals surface area contributed by atoms with E-state index in [1.165, 1.54) is 33.8 Å². The molecule has 1 N–H and O–H groups in total. The maximum atomic E-state index is 12.6. The van der Waals surface area contributed by atoms with Crippen molar-refractivity contribution in [1.29, 1.82) is 0 Å². The number of hydrogen-bond acceptors (Lipinski definition) is 4. The lowest BCUT2D eigenvalue weighted by molar-refractivity contribution is 0.0951. The number of carbonyl (C=O) groups excluding carboxylic acids is 1. The molecule has 0 radical (unpaired) electrons. The van der Waals surface area contributed by atoms with E-state index in [1.807, 2.05) is 17.5 Å². The normalized spacial score (nSPS) is 11.7. The van der Waals surface area contributed by atoms with Gasteiger partial charge in [0.1, 0.15) is 0 Å². The minimum Gasteiger partial charge on any atom is -0.347 e. The Kier molecular flexibility index (Phi) is 6.40. The molecule has 0 atom stereocenters. The second-order valence-electron chi connectivity index (χ2n) is 4.99. The average Bonchev–Trinajstić information content (AvgIpc) is 3.07. The van der Waals surface area contributed by atoms with Crippen LogP contribution in [-0.2, 0) is 16.6 Å². The molecule has 2 aromatic rings. The molecule has 1 heterocycles. The van der Waals surface area contributed by atoms with E-state index in [4.69, 9.17) is 11.6 Å². The fourth-order valence-corrected chi connectivity index (χ4v) is 4.56. The maximum absolute atomic E-state index is 12.6. The highest BCUT2D eigenvalue weighted by atomic mass is 35.5. The first-order valence-electron chi connectivity index (χ1n) is 7.50. The molecule has 0 bridgehead atoms. The molecule has 1 amide bonds. The fourth-order valence-electron chi connectivity index (χ4n) is 2.23. The first kappa shape index (κ1) is 18.9. The molecule has 8 heteroatoms. The number of amides is 1. The van der Waals surface area contributed by atoms with E-state index in [2.05, 4.69) is 5.32 Å². The largest absolute Gasteiger partial charge is 0.347 e. The summed E-state index contributed by atoms with van der Waals surface area (Å²) in [6.07, 6.45) is 0. The number of sulfonamides is 1. The number of thiophene rings is 1. The number of halogens is 1. The van der Waals surface area contributed by atoms with Crippen LogP contribution in [0.5, 0.6) is 0 Å². The summed E-state index contributed by atoms with van der Waals surface area (Å²) >= 11 is 7.61. The van der Waals surface area contributed by atoms with Gasteiger partial charge in [0, 0.05) is 18.0 Å². The molecular weight excluding hydrogens is 368 g/mol. The van der Waals surface area contributed by atoms with Gasteiger partial charge in [0.2, 0.25) is 10.0 Å². The van der Waals surface area contributed by atoms with Crippen molar-refractivity contribution >= 4 is 38.9 Å². The molecule has 130 valence electrons. The van der Waals surface area contributed by atoms with Crippen LogP contribution in [0.25, 0.3) is 0 Å². The van der Waals surface area contributed by atoms with Gasteiger partial charge in [-0.1, -0.05) is 31.5 Å². The molecule has 0 saturated carbocycles. The van der Waals surface area contributed by atoms with E-state index in [0.717, 1.165) is 4.88 Å². The molecule has 0 unspecified atom stereocenters. The molecule has 0 spiro atoms. The Labute approximate surface area is 151 Å². The van der Waals surface area contributed by atoms with Crippen molar-refractivity contribution in [2.75, 3.05) is 13.1 Å². The highest BCUT2D eigenvalue weighted by Gasteiger charge is 2.23. The van der Waals surface area contributed by atoms with Crippen LogP contribution >= 0.6 is 22.9 Å². The van der Waals surface area contributed by atoms with Gasteiger partial charge in [-0.2, -0.15) is 4.31 Å². The Morgan fingerprint density at radius 1 is 1.25 bits per heavy atom. The number of hydrogen-bond donors (Lipinski definition) is 1. The van der Waals surface area contributed by atoms with Crippen LogP contribution in [-0.4, -0.2) is 31.7 Å². The third kappa shape index (κ3) is 4.16. The van der Waals surface area contributed by atoms with Crippen LogP contribution in [0.2, 0.25) is 5.02 Å². The van der Waals surface area contributed by atoms with Gasteiger partial charge in [-0.05, 0) is 29.6 Å². The highest BCUT2D eigenvalue weighted by Crippen LogP contribution is 2.23. The van der Waals surface area contributed by atoms with Crippen molar-refractivity contribution in [3.8, 4) is 0 Å². The number of nitrogens with one attached hydrogen (secondary N) is 1. The molecule has 1 aromatic heterocycles. The maximum Gasteiger partial charge on any atom is 0.253 e. The summed E-state index contributed by atoms with van der Waals surface area (Å²) in [4.78, 5) is 13.4. The number of nitrogens with zero attached hydrogens (tertiary/aromatic N) is 1. The predicted octanol–water partition coefficient (Wildman–Crippen LogP) is 3.36. The second kappa shape index (κ2) is 8.11. The van der Waals surface area contributed by atoms with Gasteiger partial charge in [-0.3, -0.25) is 4.79 Å². The van der Waals surface area contributed by atoms with Crippen LogP contribution in [0.1, 0.15) is 29.1 Å². The van der Waals surface area contributed by atoms with Crippen LogP contribution in [0.3, 0.4) is 0 Å². The minimum atomic E-state index is -3.64. The van der Waals surface area contributed by atoms with Gasteiger partial charge < -0.3 is 5.32 Å². The third-order valence-electron chi connectivity index (χ3n) is 3.53. The summed E-state index contributed by atoms with van der Waals surface area (Å²) in [6, 6.07) is 8.01. The molecule has 0 fully saturated rings. The van der Waals surface area contributed by atoms with E-state index < -0.39 is 15.9 Å². The zero-order valence-electron chi connectivity index (χ0n) is 13.5. The highest BCUT2D eigenvalue weighted by molar-refractivity contribution is 7.89. The van der Waals surface area contributed by atoms with Gasteiger partial charge in [0.05, 0.1) is 22.0 Å². The second-order valence-corrected chi connectivity index (χ2v) is 8.37. The zero-order valence-corrected chi connectivity index (χ0v) is 15.8. The first-order chi connectivity index (χ1) is 11.4. The molecule has 24 heavy (non-hydrogen) atoms. The Morgan fingerprint density at radius 3 is 2.54 bits per heavy atom. The average molecular weight is 387 g/mol. The topological polar surface area (TPSA) is 66.5 Å². The molecule has 1 aromatic carbocycles. The Morgan fingerprint density at radius 2 is 1.96 bits per heavy atom. The summed E-state index contributed by atoms with van der Waals surface area (Å²) in [7, 11) is -3.64. The van der Waals surface area contributed by atoms with Crippen LogP contribution in [0, 0.1) is 0 Å². The quantitative estimate of drug-likeness (QED) is 0.793. The molecule has 0 aliphatic heterocycles. The van der Waals surface area contributed by atoms with Crippen molar-refractivity contribution in [3.05, 3.63) is 51.2 Å². The standard InChI is InChI=1S/C16H19ClN2O3S2/c1-3-19(4-2)24(21,22)13-7-8-15(17)14(10-13)16(20)18-11-12-6-5-9-23-12/h5-10H,3-4,11H2,1-2H3,(H,18,20). The smallest absolute Gasteiger partial charge is 0.253 e. The molecule has 2 rings (SSSR count). The van der Waals surface area contributed by atoms with E-state index >= 15 is 0 Å². The van der Waals surface area contributed by atoms with Crippen molar-refractivity contribution in [2.24, 2.45) is 0 Å². The summed E-state index contributed by atoms with van der Waals surface area (Å²) in [6.45, 7) is 4.64. The van der Waals surface area contributed by atoms with Crippen LogP contribution in [0.4, 0.5) is 0 Å². The number of benzene rings is 1. The first-order valence-corrected chi connectivity index (χ1v) is 10.2. The van der Waals surface area contributed by atoms with Crippen molar-refractivity contribution in [3.63, 3.8) is 0 Å². The minimum absolute atomic E-state index is 0.0665. The lowest BCUT2D eigenvalue weighted by Gasteiger charge is -2.19. The van der Waals surface area contributed by atoms with Crippen LogP contribution in [0.15, 0.2) is 40.6 Å². The van der Waals surface area contributed by atoms with Crippen molar-refractivity contribution < 1.29 is 13.2 Å². The Hall–Kier alpha value is -1.41. The SMILES string of the molecule is CCN(CC)S(=O)(=O)c1ccc(Cl)c(C(=O)NCc2cccs2)c1. The van der Waals surface area contributed by atoms with Gasteiger partial charge in [0.15, 0.2) is 0 Å². The molecule has 0 saturated heterocycles. The van der Waals surface area contributed by atoms with Gasteiger partial charge >= 0.3 is 0 Å². The summed E-state index contributed by atoms with van der Waals surface area (Å²) in [5.74, 6) is -0.398. The lowest BCUT2D eigenvalue weighted by Crippen LogP contribution is -2.31. The monoisotopic (exact) mass is 386 g/mol. The number of carbonyl (C=O) groups is 1. The predicted molar refractivity (Wildman–Crippen MR) is 97.0 cm³/mol. The van der Waals surface area contributed by atoms with E-state index in [0.29, 0.717) is 19.6 Å². The Balaban J connectivity index is 2.26. The zero-order chi connectivity index (χ0) is 17.7. The number of rotatable bonds is 7. The summed E-state index contributed by atoms with van der Waals surface area (Å²) < 4.78 is 26.5. The summed E-state index contributed by atoms with van der Waals surface area (Å²) in [5, 5.41) is 4.90. The van der Waals surface area contributed by atoms with Crippen molar-refractivity contribution in [1.82, 2.24) is 9.62 Å².